The highest BCUT2D eigenvalue weighted by atomic mass is 32.2. The van der Waals surface area contributed by atoms with Gasteiger partial charge in [-0.15, -0.1) is 0 Å². The van der Waals surface area contributed by atoms with Crippen LogP contribution in [0.15, 0.2) is 53.8 Å². The Morgan fingerprint density at radius 1 is 1.09 bits per heavy atom. The number of imidazole rings is 1. The zero-order chi connectivity index (χ0) is 22.7. The van der Waals surface area contributed by atoms with Crippen LogP contribution in [-0.4, -0.2) is 40.7 Å². The Morgan fingerprint density at radius 3 is 2.47 bits per heavy atom. The molecule has 2 heterocycles. The Bertz CT molecular complexity index is 1140. The van der Waals surface area contributed by atoms with Gasteiger partial charge in [-0.2, -0.15) is 0 Å². The number of amides is 2. The number of rotatable bonds is 6. The van der Waals surface area contributed by atoms with Crippen LogP contribution in [0.4, 0.5) is 15.8 Å². The fraction of sp³-hybridized carbons (Fsp3) is 0.261. The molecule has 1 fully saturated rings. The number of thioether (sulfide) groups is 1. The van der Waals surface area contributed by atoms with Gasteiger partial charge in [0, 0.05) is 24.3 Å². The number of hydrogen-bond donors (Lipinski definition) is 2. The molecular weight excluding hydrogens is 429 g/mol. The third kappa shape index (κ3) is 4.47. The first-order chi connectivity index (χ1) is 15.5. The third-order valence-electron chi connectivity index (χ3n) is 5.46. The lowest BCUT2D eigenvalue weighted by Gasteiger charge is -2.30. The number of nitrogens with one attached hydrogen (secondary N) is 1. The quantitative estimate of drug-likeness (QED) is 0.549. The summed E-state index contributed by atoms with van der Waals surface area (Å²) in [6.45, 7) is 1.76. The predicted octanol–water partition coefficient (Wildman–Crippen LogP) is 4.07. The second kappa shape index (κ2) is 9.44. The zero-order valence-electron chi connectivity index (χ0n) is 17.7. The fourth-order valence-corrected chi connectivity index (χ4v) is 4.41. The van der Waals surface area contributed by atoms with Crippen molar-refractivity contribution in [3.05, 3.63) is 65.7 Å². The van der Waals surface area contributed by atoms with Crippen molar-refractivity contribution in [2.24, 2.45) is 5.73 Å². The van der Waals surface area contributed by atoms with Crippen LogP contribution in [0.2, 0.25) is 0 Å². The number of benzene rings is 2. The van der Waals surface area contributed by atoms with Gasteiger partial charge in [0.05, 0.1) is 17.6 Å². The summed E-state index contributed by atoms with van der Waals surface area (Å²) >= 11 is 1.38. The molecule has 4 rings (SSSR count). The van der Waals surface area contributed by atoms with Crippen molar-refractivity contribution in [3.63, 3.8) is 0 Å². The van der Waals surface area contributed by atoms with Crippen molar-refractivity contribution in [1.29, 1.82) is 0 Å². The van der Waals surface area contributed by atoms with E-state index in [0.29, 0.717) is 27.8 Å². The van der Waals surface area contributed by atoms with E-state index in [-0.39, 0.29) is 11.7 Å². The van der Waals surface area contributed by atoms with Gasteiger partial charge < -0.3 is 16.0 Å². The highest BCUT2D eigenvalue weighted by Gasteiger charge is 2.22. The van der Waals surface area contributed by atoms with Gasteiger partial charge in [0.1, 0.15) is 11.5 Å². The van der Waals surface area contributed by atoms with Crippen molar-refractivity contribution < 1.29 is 14.0 Å². The molecule has 166 valence electrons. The molecule has 0 aliphatic carbocycles. The number of nitrogens with zero attached hydrogens (tertiary/aromatic N) is 3. The van der Waals surface area contributed by atoms with Crippen LogP contribution >= 0.6 is 11.8 Å². The second-order valence-corrected chi connectivity index (χ2v) is 8.31. The number of halogens is 1. The van der Waals surface area contributed by atoms with Gasteiger partial charge in [0.25, 0.3) is 5.91 Å². The Kier molecular flexibility index (Phi) is 6.45. The molecule has 3 N–H and O–H groups in total. The molecule has 0 saturated carbocycles. The van der Waals surface area contributed by atoms with Gasteiger partial charge in [-0.05, 0) is 68.0 Å². The maximum absolute atomic E-state index is 13.4. The van der Waals surface area contributed by atoms with E-state index in [1.807, 2.05) is 12.3 Å². The second-order valence-electron chi connectivity index (χ2n) is 7.54. The van der Waals surface area contributed by atoms with Crippen LogP contribution in [0.5, 0.6) is 0 Å². The lowest BCUT2D eigenvalue weighted by molar-refractivity contribution is 0.0995. The van der Waals surface area contributed by atoms with E-state index in [4.69, 9.17) is 5.73 Å². The molecule has 0 bridgehead atoms. The molecule has 3 aromatic rings. The largest absolute Gasteiger partial charge is 0.370 e. The SMILES string of the molecule is CSc1ncc(C(=O)Nc2cc(C(N)=O)ccc2N2CCCCC2)n1-c1ccc(F)cc1. The summed E-state index contributed by atoms with van der Waals surface area (Å²) in [5, 5.41) is 3.55. The van der Waals surface area contributed by atoms with Gasteiger partial charge in [-0.25, -0.2) is 9.37 Å². The number of aromatic nitrogens is 2. The van der Waals surface area contributed by atoms with Gasteiger partial charge in [0.15, 0.2) is 5.16 Å². The molecule has 0 atom stereocenters. The first-order valence-electron chi connectivity index (χ1n) is 10.4. The lowest BCUT2D eigenvalue weighted by atomic mass is 10.1. The maximum atomic E-state index is 13.4. The maximum Gasteiger partial charge on any atom is 0.274 e. The van der Waals surface area contributed by atoms with Crippen LogP contribution in [-0.2, 0) is 0 Å². The standard InChI is InChI=1S/C23H24FN5O2S/c1-32-23-26-14-20(29(23)17-8-6-16(24)7-9-17)22(31)27-18-13-15(21(25)30)5-10-19(18)28-11-3-2-4-12-28/h5-10,13-14H,2-4,11-12H2,1H3,(H2,25,30)(H,27,31). The van der Waals surface area contributed by atoms with Crippen molar-refractivity contribution >= 4 is 35.0 Å². The number of nitrogens with two attached hydrogens (primary N) is 1. The minimum atomic E-state index is -0.563. The minimum absolute atomic E-state index is 0.301. The van der Waals surface area contributed by atoms with E-state index in [2.05, 4.69) is 15.2 Å². The monoisotopic (exact) mass is 453 g/mol. The molecule has 1 aliphatic rings. The number of anilines is 2. The number of carbonyl (C=O) groups is 2. The zero-order valence-corrected chi connectivity index (χ0v) is 18.5. The molecule has 0 radical (unpaired) electrons. The Balaban J connectivity index is 1.71. The molecule has 9 heteroatoms. The average molecular weight is 454 g/mol. The van der Waals surface area contributed by atoms with Gasteiger partial charge in [-0.3, -0.25) is 14.2 Å². The Labute approximate surface area is 189 Å². The van der Waals surface area contributed by atoms with Gasteiger partial charge >= 0.3 is 0 Å². The summed E-state index contributed by atoms with van der Waals surface area (Å²) in [4.78, 5) is 31.6. The topological polar surface area (TPSA) is 93.2 Å². The van der Waals surface area contributed by atoms with E-state index in [1.165, 1.54) is 36.5 Å². The normalized spacial score (nSPS) is 13.8. The summed E-state index contributed by atoms with van der Waals surface area (Å²) in [6.07, 6.45) is 6.66. The first kappa shape index (κ1) is 21.9. The van der Waals surface area contributed by atoms with Crippen LogP contribution < -0.4 is 16.0 Å². The summed E-state index contributed by atoms with van der Waals surface area (Å²) in [7, 11) is 0. The van der Waals surface area contributed by atoms with E-state index < -0.39 is 5.91 Å². The summed E-state index contributed by atoms with van der Waals surface area (Å²) in [6, 6.07) is 11.0. The molecule has 2 aromatic carbocycles. The Morgan fingerprint density at radius 2 is 1.81 bits per heavy atom. The van der Waals surface area contributed by atoms with E-state index >= 15 is 0 Å². The molecule has 1 aliphatic heterocycles. The molecular formula is C23H24FN5O2S. The lowest BCUT2D eigenvalue weighted by Crippen LogP contribution is -2.30. The number of hydrogen-bond acceptors (Lipinski definition) is 5. The predicted molar refractivity (Wildman–Crippen MR) is 124 cm³/mol. The molecule has 0 unspecified atom stereocenters. The van der Waals surface area contributed by atoms with Crippen LogP contribution in [0.1, 0.15) is 40.1 Å². The number of carbonyl (C=O) groups excluding carboxylic acids is 2. The van der Waals surface area contributed by atoms with Gasteiger partial charge in [-0.1, -0.05) is 11.8 Å². The fourth-order valence-electron chi connectivity index (χ4n) is 3.87. The molecule has 2 amide bonds. The number of primary amides is 1. The van der Waals surface area contributed by atoms with Crippen LogP contribution in [0.3, 0.4) is 0 Å². The highest BCUT2D eigenvalue weighted by molar-refractivity contribution is 7.98. The van der Waals surface area contributed by atoms with Gasteiger partial charge in [0.2, 0.25) is 5.91 Å². The third-order valence-corrected chi connectivity index (χ3v) is 6.11. The van der Waals surface area contributed by atoms with E-state index in [9.17, 15) is 14.0 Å². The smallest absolute Gasteiger partial charge is 0.274 e. The van der Waals surface area contributed by atoms with Crippen LogP contribution in [0, 0.1) is 5.82 Å². The Hall–Kier alpha value is -3.33. The van der Waals surface area contributed by atoms with Crippen LogP contribution in [0.25, 0.3) is 5.69 Å². The number of piperidine rings is 1. The van der Waals surface area contributed by atoms with Crippen molar-refractivity contribution in [2.45, 2.75) is 24.4 Å². The summed E-state index contributed by atoms with van der Waals surface area (Å²) < 4.78 is 15.1. The highest BCUT2D eigenvalue weighted by Crippen LogP contribution is 2.31. The van der Waals surface area contributed by atoms with Crippen molar-refractivity contribution in [3.8, 4) is 5.69 Å². The summed E-state index contributed by atoms with van der Waals surface area (Å²) in [5.41, 5.74) is 8.09. The first-order valence-corrected chi connectivity index (χ1v) is 11.6. The van der Waals surface area contributed by atoms with Crippen molar-refractivity contribution in [1.82, 2.24) is 9.55 Å². The molecule has 1 saturated heterocycles. The molecule has 7 nitrogen and oxygen atoms in total. The minimum Gasteiger partial charge on any atom is -0.370 e. The van der Waals surface area contributed by atoms with Crippen molar-refractivity contribution in [2.75, 3.05) is 29.6 Å². The molecule has 32 heavy (non-hydrogen) atoms. The van der Waals surface area contributed by atoms with E-state index in [1.54, 1.807) is 28.8 Å². The average Bonchev–Trinajstić information content (AvgIpc) is 3.24. The molecule has 1 aromatic heterocycles. The molecule has 0 spiro atoms. The summed E-state index contributed by atoms with van der Waals surface area (Å²) in [5.74, 6) is -1.31. The van der Waals surface area contributed by atoms with E-state index in [0.717, 1.165) is 31.6 Å².